The summed E-state index contributed by atoms with van der Waals surface area (Å²) in [4.78, 5) is 59.9. The molecule has 3 saturated heterocycles. The number of carbonyl (C=O) groups excluding carboxylic acids is 4. The fourth-order valence-corrected chi connectivity index (χ4v) is 8.52. The average Bonchev–Trinajstić information content (AvgIpc) is 3.35. The number of alkyl halides is 3. The molecule has 0 aliphatic carbocycles. The number of urea groups is 1. The van der Waals surface area contributed by atoms with Gasteiger partial charge in [-0.05, 0) is 94.3 Å². The molecule has 17 heteroatoms. The van der Waals surface area contributed by atoms with E-state index in [9.17, 15) is 32.3 Å². The lowest BCUT2D eigenvalue weighted by Crippen LogP contribution is -2.54. The lowest BCUT2D eigenvalue weighted by molar-refractivity contribution is -0.143. The molecule has 6 rings (SSSR count). The molecule has 306 valence electrons. The predicted octanol–water partition coefficient (Wildman–Crippen LogP) is 5.15. The smallest absolute Gasteiger partial charge is 0.418 e. The Morgan fingerprint density at radius 3 is 2.29 bits per heavy atom. The molecule has 0 radical (unpaired) electrons. The second-order valence-electron chi connectivity index (χ2n) is 14.9. The summed E-state index contributed by atoms with van der Waals surface area (Å²) in [5.41, 5.74) is 5.83. The first kappa shape index (κ1) is 41.4. The van der Waals surface area contributed by atoms with Crippen LogP contribution in [0.3, 0.4) is 0 Å². The number of anilines is 2. The quantitative estimate of drug-likeness (QED) is 0.219. The Bertz CT molecular complexity index is 1730. The average molecular weight is 806 g/mol. The fraction of sp³-hybridized carbons (Fsp3) is 0.590. The molecule has 4 heterocycles. The number of esters is 1. The van der Waals surface area contributed by atoms with Gasteiger partial charge in [-0.15, -0.1) is 0 Å². The van der Waals surface area contributed by atoms with Crippen LogP contribution in [0.2, 0.25) is 5.02 Å². The van der Waals surface area contributed by atoms with Gasteiger partial charge in [0.05, 0.1) is 29.4 Å². The molecule has 4 aliphatic heterocycles. The Hall–Kier alpha value is -4.28. The van der Waals surface area contributed by atoms with Gasteiger partial charge < -0.3 is 45.4 Å². The number of nitrogens with zero attached hydrogens (tertiary/aromatic N) is 4. The van der Waals surface area contributed by atoms with Gasteiger partial charge in [0.2, 0.25) is 0 Å². The van der Waals surface area contributed by atoms with E-state index in [0.29, 0.717) is 58.3 Å². The molecule has 13 nitrogen and oxygen atoms in total. The van der Waals surface area contributed by atoms with Gasteiger partial charge in [-0.25, -0.2) is 9.59 Å². The second kappa shape index (κ2) is 18.3. The molecule has 1 unspecified atom stereocenters. The lowest BCUT2D eigenvalue weighted by atomic mass is 9.97. The number of rotatable bonds is 10. The zero-order chi connectivity index (χ0) is 40.0. The summed E-state index contributed by atoms with van der Waals surface area (Å²) in [6.07, 6.45) is -2.49. The van der Waals surface area contributed by atoms with Crippen molar-refractivity contribution in [1.82, 2.24) is 24.9 Å². The predicted molar refractivity (Wildman–Crippen MR) is 204 cm³/mol. The van der Waals surface area contributed by atoms with Crippen LogP contribution >= 0.6 is 11.6 Å². The van der Waals surface area contributed by atoms with Crippen molar-refractivity contribution in [2.45, 2.75) is 88.7 Å². The standard InChI is InChI=1S/C39H51ClF3N7O6/c1-2-55-34(51)24-45-27-8-14-47(15-9-27)28-10-16-48(17-11-28)36(52)33(23-25-21-30(39(41,42)43)35(44)31(40)22-25)56-38(54)49-18-12-29(13-19-49)50-20-7-26-5-3-4-6-32(26)46-37(50)53/h3-6,21-22,27-29,33,45H,2,7-20,23-24,44H2,1H3,(H,46,53). The van der Waals surface area contributed by atoms with Crippen LogP contribution in [0.5, 0.6) is 0 Å². The number of piperidine rings is 3. The number of carbonyl (C=O) groups is 4. The van der Waals surface area contributed by atoms with E-state index in [0.717, 1.165) is 43.2 Å². The van der Waals surface area contributed by atoms with Crippen molar-refractivity contribution < 1.29 is 41.8 Å². The van der Waals surface area contributed by atoms with Crippen LogP contribution in [0.4, 0.5) is 34.1 Å². The van der Waals surface area contributed by atoms with Gasteiger partial charge in [0, 0.05) is 63.0 Å². The van der Waals surface area contributed by atoms with E-state index < -0.39 is 35.5 Å². The molecule has 2 aromatic carbocycles. The first-order valence-corrected chi connectivity index (χ1v) is 19.9. The third-order valence-corrected chi connectivity index (χ3v) is 11.7. The van der Waals surface area contributed by atoms with Gasteiger partial charge in [-0.3, -0.25) is 9.59 Å². The maximum Gasteiger partial charge on any atom is 0.418 e. The van der Waals surface area contributed by atoms with Crippen LogP contribution in [0, 0.1) is 0 Å². The molecule has 4 N–H and O–H groups in total. The van der Waals surface area contributed by atoms with Crippen LogP contribution < -0.4 is 16.4 Å². The Morgan fingerprint density at radius 1 is 0.946 bits per heavy atom. The number of nitrogens with one attached hydrogen (secondary N) is 2. The first-order valence-electron chi connectivity index (χ1n) is 19.5. The normalized spacial score (nSPS) is 19.9. The number of halogens is 4. The molecule has 0 bridgehead atoms. The zero-order valence-corrected chi connectivity index (χ0v) is 32.4. The van der Waals surface area contributed by atoms with Crippen molar-refractivity contribution in [3.63, 3.8) is 0 Å². The molecule has 1 atom stereocenters. The number of likely N-dealkylation sites (tertiary alicyclic amines) is 3. The highest BCUT2D eigenvalue weighted by Crippen LogP contribution is 2.38. The van der Waals surface area contributed by atoms with Crippen LogP contribution in [0.15, 0.2) is 36.4 Å². The van der Waals surface area contributed by atoms with Crippen molar-refractivity contribution in [3.05, 3.63) is 58.1 Å². The van der Waals surface area contributed by atoms with Gasteiger partial charge in [0.15, 0.2) is 6.10 Å². The van der Waals surface area contributed by atoms with E-state index >= 15 is 0 Å². The SMILES string of the molecule is CCOC(=O)CNC1CCN(C2CCN(C(=O)C(Cc3cc(Cl)c(N)c(C(F)(F)F)c3)OC(=O)N3CCC(N4CCc5ccccc5NC4=O)CC3)CC2)CC1. The molecule has 4 aliphatic rings. The molecule has 56 heavy (non-hydrogen) atoms. The lowest BCUT2D eigenvalue weighted by Gasteiger charge is -2.42. The fourth-order valence-electron chi connectivity index (χ4n) is 8.28. The number of amides is 4. The van der Waals surface area contributed by atoms with Gasteiger partial charge in [-0.1, -0.05) is 29.8 Å². The summed E-state index contributed by atoms with van der Waals surface area (Å²) in [6, 6.07) is 9.92. The number of hydrogen-bond acceptors (Lipinski definition) is 9. The van der Waals surface area contributed by atoms with Gasteiger partial charge in [0.1, 0.15) is 0 Å². The number of benzene rings is 2. The molecule has 0 aromatic heterocycles. The molecule has 0 saturated carbocycles. The van der Waals surface area contributed by atoms with Gasteiger partial charge in [-0.2, -0.15) is 13.2 Å². The Morgan fingerprint density at radius 2 is 1.61 bits per heavy atom. The maximum atomic E-state index is 14.1. The summed E-state index contributed by atoms with van der Waals surface area (Å²) in [6.45, 7) is 5.82. The Labute approximate surface area is 329 Å². The van der Waals surface area contributed by atoms with Crippen molar-refractivity contribution in [2.24, 2.45) is 0 Å². The van der Waals surface area contributed by atoms with Gasteiger partial charge in [0.25, 0.3) is 5.91 Å². The van der Waals surface area contributed by atoms with Crippen molar-refractivity contribution in [2.75, 3.05) is 70.0 Å². The zero-order valence-electron chi connectivity index (χ0n) is 31.6. The van der Waals surface area contributed by atoms with Crippen LogP contribution in [0.25, 0.3) is 0 Å². The minimum absolute atomic E-state index is 0.0591. The largest absolute Gasteiger partial charge is 0.465 e. The number of fused-ring (bicyclic) bond motifs is 1. The summed E-state index contributed by atoms with van der Waals surface area (Å²) in [5, 5.41) is 5.95. The maximum absolute atomic E-state index is 14.1. The minimum Gasteiger partial charge on any atom is -0.465 e. The third-order valence-electron chi connectivity index (χ3n) is 11.4. The van der Waals surface area contributed by atoms with Crippen LogP contribution in [0.1, 0.15) is 62.1 Å². The Balaban J connectivity index is 1.07. The van der Waals surface area contributed by atoms with Gasteiger partial charge >= 0.3 is 24.3 Å². The highest BCUT2D eigenvalue weighted by molar-refractivity contribution is 6.33. The van der Waals surface area contributed by atoms with E-state index in [1.54, 1.807) is 16.7 Å². The summed E-state index contributed by atoms with van der Waals surface area (Å²) >= 11 is 6.13. The molecular weight excluding hydrogens is 755 g/mol. The molecule has 3 fully saturated rings. The Kier molecular flexibility index (Phi) is 13.5. The van der Waals surface area contributed by atoms with Crippen molar-refractivity contribution >= 4 is 47.0 Å². The molecule has 4 amide bonds. The highest BCUT2D eigenvalue weighted by Gasteiger charge is 2.38. The highest BCUT2D eigenvalue weighted by atomic mass is 35.5. The number of nitrogens with two attached hydrogens (primary N) is 1. The second-order valence-corrected chi connectivity index (χ2v) is 15.3. The number of nitrogen functional groups attached to an aromatic ring is 1. The van der Waals surface area contributed by atoms with Crippen molar-refractivity contribution in [3.8, 4) is 0 Å². The summed E-state index contributed by atoms with van der Waals surface area (Å²) < 4.78 is 52.5. The van der Waals surface area contributed by atoms with Crippen LogP contribution in [-0.4, -0.2) is 127 Å². The molecule has 2 aromatic rings. The van der Waals surface area contributed by atoms with Crippen LogP contribution in [-0.2, 0) is 38.1 Å². The summed E-state index contributed by atoms with van der Waals surface area (Å²) in [7, 11) is 0. The monoisotopic (exact) mass is 805 g/mol. The van der Waals surface area contributed by atoms with E-state index in [1.165, 1.54) is 11.0 Å². The molecule has 0 spiro atoms. The first-order chi connectivity index (χ1) is 26.8. The molecular formula is C39H51ClF3N7O6. The van der Waals surface area contributed by atoms with E-state index in [4.69, 9.17) is 26.8 Å². The number of hydrogen-bond donors (Lipinski definition) is 3. The number of para-hydroxylation sites is 1. The summed E-state index contributed by atoms with van der Waals surface area (Å²) in [5.74, 6) is -0.762. The van der Waals surface area contributed by atoms with Crippen molar-refractivity contribution in [1.29, 1.82) is 0 Å². The van der Waals surface area contributed by atoms with E-state index in [1.807, 2.05) is 24.3 Å². The topological polar surface area (TPSA) is 150 Å². The van der Waals surface area contributed by atoms with E-state index in [-0.39, 0.29) is 66.8 Å². The number of ether oxygens (including phenoxy) is 2. The minimum atomic E-state index is -4.79. The third kappa shape index (κ3) is 10.2. The van der Waals surface area contributed by atoms with E-state index in [2.05, 4.69) is 15.5 Å².